The average Bonchev–Trinajstić information content (AvgIpc) is 2.83. The molecule has 5 heteroatoms. The van der Waals surface area contributed by atoms with Crippen LogP contribution in [0.5, 0.6) is 11.5 Å². The number of piperazine rings is 1. The van der Waals surface area contributed by atoms with E-state index in [-0.39, 0.29) is 0 Å². The maximum atomic E-state index is 9.28. The fourth-order valence-corrected chi connectivity index (χ4v) is 4.43. The van der Waals surface area contributed by atoms with Gasteiger partial charge in [-0.1, -0.05) is 38.3 Å². The molecule has 3 rings (SSSR count). The van der Waals surface area contributed by atoms with Gasteiger partial charge >= 0.3 is 0 Å². The summed E-state index contributed by atoms with van der Waals surface area (Å²) >= 11 is 0. The Kier molecular flexibility index (Phi) is 9.40. The van der Waals surface area contributed by atoms with Crippen molar-refractivity contribution in [3.8, 4) is 17.6 Å². The minimum atomic E-state index is 0.436. The van der Waals surface area contributed by atoms with Crippen LogP contribution in [0.15, 0.2) is 42.5 Å². The first kappa shape index (κ1) is 24.1. The predicted octanol–water partition coefficient (Wildman–Crippen LogP) is 5.19. The van der Waals surface area contributed by atoms with Crippen molar-refractivity contribution < 1.29 is 9.47 Å². The zero-order chi connectivity index (χ0) is 22.8. The maximum absolute atomic E-state index is 9.28. The van der Waals surface area contributed by atoms with Crippen LogP contribution in [0.25, 0.3) is 0 Å². The molecule has 0 radical (unpaired) electrons. The largest absolute Gasteiger partial charge is 0.497 e. The van der Waals surface area contributed by atoms with E-state index in [9.17, 15) is 5.26 Å². The van der Waals surface area contributed by atoms with Gasteiger partial charge in [0.05, 0.1) is 18.7 Å². The summed E-state index contributed by atoms with van der Waals surface area (Å²) in [6.45, 7) is 10.2. The van der Waals surface area contributed by atoms with Crippen LogP contribution in [0.2, 0.25) is 0 Å². The Labute approximate surface area is 193 Å². The van der Waals surface area contributed by atoms with Gasteiger partial charge in [0.25, 0.3) is 0 Å². The standard InChI is InChI=1S/C27H37N3O2/c1-4-5-6-7-27(23-8-9-24(21-28)22(2)20-23)30-16-14-29(15-17-30)18-19-32-26-12-10-25(31-3)11-13-26/h8-13,20,27H,4-7,14-19H2,1-3H3. The van der Waals surface area contributed by atoms with E-state index >= 15 is 0 Å². The number of methoxy groups -OCH3 is 1. The summed E-state index contributed by atoms with van der Waals surface area (Å²) in [5, 5.41) is 9.28. The lowest BCUT2D eigenvalue weighted by atomic mass is 9.95. The van der Waals surface area contributed by atoms with Crippen molar-refractivity contribution in [2.75, 3.05) is 46.4 Å². The van der Waals surface area contributed by atoms with Gasteiger partial charge in [0, 0.05) is 38.8 Å². The molecule has 1 aliphatic heterocycles. The Hall–Kier alpha value is -2.55. The Bertz CT molecular complexity index is 867. The van der Waals surface area contributed by atoms with Crippen molar-refractivity contribution in [3.05, 3.63) is 59.2 Å². The summed E-state index contributed by atoms with van der Waals surface area (Å²) in [4.78, 5) is 5.13. The quantitative estimate of drug-likeness (QED) is 0.455. The van der Waals surface area contributed by atoms with Crippen LogP contribution < -0.4 is 9.47 Å². The zero-order valence-electron chi connectivity index (χ0n) is 19.8. The van der Waals surface area contributed by atoms with Crippen molar-refractivity contribution in [3.63, 3.8) is 0 Å². The van der Waals surface area contributed by atoms with Gasteiger partial charge in [-0.25, -0.2) is 0 Å². The number of unbranched alkanes of at least 4 members (excludes halogenated alkanes) is 2. The molecule has 1 fully saturated rings. The van der Waals surface area contributed by atoms with Gasteiger partial charge < -0.3 is 9.47 Å². The molecule has 32 heavy (non-hydrogen) atoms. The summed E-state index contributed by atoms with van der Waals surface area (Å²) in [7, 11) is 1.67. The second kappa shape index (κ2) is 12.5. The molecule has 1 atom stereocenters. The molecule has 0 amide bonds. The van der Waals surface area contributed by atoms with Crippen LogP contribution in [-0.2, 0) is 0 Å². The van der Waals surface area contributed by atoms with Crippen LogP contribution in [0, 0.1) is 18.3 Å². The molecule has 1 aliphatic rings. The van der Waals surface area contributed by atoms with Gasteiger partial charge in [-0.05, 0) is 54.8 Å². The van der Waals surface area contributed by atoms with Crippen molar-refractivity contribution in [2.45, 2.75) is 45.6 Å². The molecular weight excluding hydrogens is 398 g/mol. The third kappa shape index (κ3) is 6.72. The topological polar surface area (TPSA) is 48.7 Å². The Balaban J connectivity index is 1.52. The highest BCUT2D eigenvalue weighted by atomic mass is 16.5. The fraction of sp³-hybridized carbons (Fsp3) is 0.519. The smallest absolute Gasteiger partial charge is 0.119 e. The number of hydrogen-bond donors (Lipinski definition) is 0. The lowest BCUT2D eigenvalue weighted by Crippen LogP contribution is -2.48. The Morgan fingerprint density at radius 1 is 1.00 bits per heavy atom. The molecule has 0 bridgehead atoms. The minimum Gasteiger partial charge on any atom is -0.497 e. The van der Waals surface area contributed by atoms with Gasteiger partial charge in [0.1, 0.15) is 18.1 Å². The molecule has 5 nitrogen and oxygen atoms in total. The minimum absolute atomic E-state index is 0.436. The van der Waals surface area contributed by atoms with Crippen LogP contribution in [0.3, 0.4) is 0 Å². The molecule has 2 aromatic carbocycles. The van der Waals surface area contributed by atoms with Gasteiger partial charge in [-0.3, -0.25) is 9.80 Å². The molecule has 0 N–H and O–H groups in total. The highest BCUT2D eigenvalue weighted by molar-refractivity contribution is 5.40. The van der Waals surface area contributed by atoms with E-state index < -0.39 is 0 Å². The third-order valence-corrected chi connectivity index (χ3v) is 6.42. The van der Waals surface area contributed by atoms with Gasteiger partial charge in [-0.15, -0.1) is 0 Å². The van der Waals surface area contributed by atoms with E-state index in [1.807, 2.05) is 37.3 Å². The lowest BCUT2D eigenvalue weighted by Gasteiger charge is -2.39. The number of nitrogens with zero attached hydrogens (tertiary/aromatic N) is 3. The van der Waals surface area contributed by atoms with E-state index in [0.29, 0.717) is 12.6 Å². The van der Waals surface area contributed by atoms with Crippen LogP contribution in [-0.4, -0.2) is 56.2 Å². The molecule has 2 aromatic rings. The normalized spacial score (nSPS) is 15.8. The van der Waals surface area contributed by atoms with Crippen molar-refractivity contribution in [2.24, 2.45) is 0 Å². The summed E-state index contributed by atoms with van der Waals surface area (Å²) < 4.78 is 11.1. The first-order valence-electron chi connectivity index (χ1n) is 11.9. The average molecular weight is 436 g/mol. The van der Waals surface area contributed by atoms with E-state index in [1.54, 1.807) is 7.11 Å². The third-order valence-electron chi connectivity index (χ3n) is 6.42. The van der Waals surface area contributed by atoms with Gasteiger partial charge in [0.15, 0.2) is 0 Å². The summed E-state index contributed by atoms with van der Waals surface area (Å²) in [6.07, 6.45) is 4.94. The number of benzene rings is 2. The monoisotopic (exact) mass is 435 g/mol. The van der Waals surface area contributed by atoms with Crippen LogP contribution in [0.4, 0.5) is 0 Å². The molecule has 1 unspecified atom stereocenters. The Morgan fingerprint density at radius 3 is 2.34 bits per heavy atom. The Morgan fingerprint density at radius 2 is 1.72 bits per heavy atom. The van der Waals surface area contributed by atoms with E-state index in [4.69, 9.17) is 9.47 Å². The van der Waals surface area contributed by atoms with Crippen molar-refractivity contribution in [1.82, 2.24) is 9.80 Å². The molecule has 0 spiro atoms. The van der Waals surface area contributed by atoms with E-state index in [0.717, 1.165) is 55.3 Å². The molecular formula is C27H37N3O2. The molecule has 1 heterocycles. The zero-order valence-corrected chi connectivity index (χ0v) is 19.8. The summed E-state index contributed by atoms with van der Waals surface area (Å²) in [5.41, 5.74) is 3.22. The number of rotatable bonds is 11. The maximum Gasteiger partial charge on any atom is 0.119 e. The number of hydrogen-bond acceptors (Lipinski definition) is 5. The molecule has 0 aromatic heterocycles. The van der Waals surface area contributed by atoms with Crippen molar-refractivity contribution in [1.29, 1.82) is 5.26 Å². The first-order valence-corrected chi connectivity index (χ1v) is 11.9. The highest BCUT2D eigenvalue weighted by Gasteiger charge is 2.25. The van der Waals surface area contributed by atoms with E-state index in [1.165, 1.54) is 31.2 Å². The van der Waals surface area contributed by atoms with Gasteiger partial charge in [-0.2, -0.15) is 5.26 Å². The fourth-order valence-electron chi connectivity index (χ4n) is 4.43. The second-order valence-corrected chi connectivity index (χ2v) is 8.60. The van der Waals surface area contributed by atoms with Crippen molar-refractivity contribution >= 4 is 0 Å². The van der Waals surface area contributed by atoms with Gasteiger partial charge in [0.2, 0.25) is 0 Å². The van der Waals surface area contributed by atoms with Crippen LogP contribution in [0.1, 0.15) is 55.3 Å². The van der Waals surface area contributed by atoms with E-state index in [2.05, 4.69) is 34.9 Å². The molecule has 172 valence electrons. The number of nitriles is 1. The summed E-state index contributed by atoms with van der Waals surface area (Å²) in [6, 6.07) is 16.9. The molecule has 1 saturated heterocycles. The highest BCUT2D eigenvalue weighted by Crippen LogP contribution is 2.29. The SMILES string of the molecule is CCCCCC(c1ccc(C#N)c(C)c1)N1CCN(CCOc2ccc(OC)cc2)CC1. The number of ether oxygens (including phenoxy) is 2. The number of aryl methyl sites for hydroxylation is 1. The molecule has 0 saturated carbocycles. The lowest BCUT2D eigenvalue weighted by molar-refractivity contribution is 0.0817. The first-order chi connectivity index (χ1) is 15.6. The second-order valence-electron chi connectivity index (χ2n) is 8.60. The van der Waals surface area contributed by atoms with Crippen LogP contribution >= 0.6 is 0 Å². The predicted molar refractivity (Wildman–Crippen MR) is 129 cm³/mol. The molecule has 0 aliphatic carbocycles. The summed E-state index contributed by atoms with van der Waals surface area (Å²) in [5.74, 6) is 1.73.